The number of hydrogen-bond acceptors (Lipinski definition) is 4. The number of aromatic hydroxyl groups is 1. The molecule has 0 fully saturated rings. The summed E-state index contributed by atoms with van der Waals surface area (Å²) < 4.78 is 2.06. The van der Waals surface area contributed by atoms with Crippen molar-refractivity contribution in [2.75, 3.05) is 5.32 Å². The Kier molecular flexibility index (Phi) is 7.46. The molecule has 1 atom stereocenters. The van der Waals surface area contributed by atoms with Crippen LogP contribution in [0.4, 0.5) is 5.69 Å². The molecule has 132 valence electrons. The Morgan fingerprint density at radius 3 is 2.36 bits per heavy atom. The van der Waals surface area contributed by atoms with Gasteiger partial charge in [-0.1, -0.05) is 22.9 Å². The molecule has 0 bridgehead atoms. The van der Waals surface area contributed by atoms with Gasteiger partial charge in [-0.25, -0.2) is 5.43 Å². The summed E-state index contributed by atoms with van der Waals surface area (Å²) in [6.07, 6.45) is 2.13. The number of nitrogens with one attached hydrogen (secondary N) is 2. The molecule has 1 amide bonds. The summed E-state index contributed by atoms with van der Waals surface area (Å²) in [7, 11) is 0. The van der Waals surface area contributed by atoms with E-state index in [1.165, 1.54) is 6.21 Å². The number of carbonyl (C=O) groups excluding carboxylic acids is 1. The van der Waals surface area contributed by atoms with Gasteiger partial charge in [0.2, 0.25) is 0 Å². The lowest BCUT2D eigenvalue weighted by atomic mass is 10.2. The minimum atomic E-state index is -0.392. The van der Waals surface area contributed by atoms with Crippen LogP contribution in [0, 0.1) is 0 Å². The average molecular weight is 534 g/mol. The second-order valence-electron chi connectivity index (χ2n) is 5.18. The van der Waals surface area contributed by atoms with Crippen LogP contribution in [-0.2, 0) is 4.79 Å². The van der Waals surface area contributed by atoms with Crippen LogP contribution in [0.5, 0.6) is 5.75 Å². The SMILES string of the molecule is CC[C@@H](Nc1ccc(Br)cc1)C(=O)N/N=C\c1cc(Br)c(O)c(Br)c1. The van der Waals surface area contributed by atoms with Gasteiger partial charge in [-0.15, -0.1) is 0 Å². The molecule has 0 saturated heterocycles. The Hall–Kier alpha value is -1.38. The predicted molar refractivity (Wildman–Crippen MR) is 111 cm³/mol. The van der Waals surface area contributed by atoms with Crippen molar-refractivity contribution in [2.24, 2.45) is 5.10 Å². The molecule has 2 aromatic carbocycles. The maximum Gasteiger partial charge on any atom is 0.262 e. The van der Waals surface area contributed by atoms with Crippen LogP contribution < -0.4 is 10.7 Å². The van der Waals surface area contributed by atoms with Crippen molar-refractivity contribution in [3.63, 3.8) is 0 Å². The molecular formula is C17H16Br3N3O2. The monoisotopic (exact) mass is 531 g/mol. The molecule has 0 aromatic heterocycles. The first-order valence-corrected chi connectivity index (χ1v) is 9.81. The maximum atomic E-state index is 12.3. The van der Waals surface area contributed by atoms with Crippen LogP contribution in [0.25, 0.3) is 0 Å². The minimum absolute atomic E-state index is 0.117. The van der Waals surface area contributed by atoms with Crippen LogP contribution in [0.1, 0.15) is 18.9 Å². The summed E-state index contributed by atoms with van der Waals surface area (Å²) in [6, 6.07) is 10.6. The van der Waals surface area contributed by atoms with Crippen LogP contribution in [0.3, 0.4) is 0 Å². The van der Waals surface area contributed by atoms with E-state index in [0.29, 0.717) is 15.4 Å². The highest BCUT2D eigenvalue weighted by molar-refractivity contribution is 9.11. The average Bonchev–Trinajstić information content (AvgIpc) is 2.59. The van der Waals surface area contributed by atoms with Gasteiger partial charge in [0.1, 0.15) is 11.8 Å². The van der Waals surface area contributed by atoms with E-state index >= 15 is 0 Å². The van der Waals surface area contributed by atoms with Gasteiger partial charge in [0.25, 0.3) is 5.91 Å². The lowest BCUT2D eigenvalue weighted by Gasteiger charge is -2.16. The molecule has 0 heterocycles. The second kappa shape index (κ2) is 9.35. The number of hydrazone groups is 1. The largest absolute Gasteiger partial charge is 0.506 e. The summed E-state index contributed by atoms with van der Waals surface area (Å²) in [6.45, 7) is 1.92. The molecule has 0 radical (unpaired) electrons. The number of nitrogens with zero attached hydrogens (tertiary/aromatic N) is 1. The van der Waals surface area contributed by atoms with Gasteiger partial charge in [0, 0.05) is 10.2 Å². The molecule has 2 aromatic rings. The smallest absolute Gasteiger partial charge is 0.262 e. The Bertz CT molecular complexity index is 756. The van der Waals surface area contributed by atoms with Gasteiger partial charge in [-0.3, -0.25) is 4.79 Å². The van der Waals surface area contributed by atoms with Crippen LogP contribution in [-0.4, -0.2) is 23.3 Å². The number of halogens is 3. The highest BCUT2D eigenvalue weighted by Gasteiger charge is 2.15. The number of rotatable bonds is 6. The van der Waals surface area contributed by atoms with E-state index in [9.17, 15) is 9.90 Å². The van der Waals surface area contributed by atoms with Crippen molar-refractivity contribution < 1.29 is 9.90 Å². The summed E-state index contributed by atoms with van der Waals surface area (Å²) in [5, 5.41) is 16.8. The lowest BCUT2D eigenvalue weighted by Crippen LogP contribution is -2.36. The third-order valence-electron chi connectivity index (χ3n) is 3.34. The minimum Gasteiger partial charge on any atom is -0.506 e. The first-order valence-electron chi connectivity index (χ1n) is 7.43. The standard InChI is InChI=1S/C17H16Br3N3O2/c1-2-15(22-12-5-3-11(18)4-6-12)17(25)23-21-9-10-7-13(19)16(24)14(20)8-10/h3-9,15,22,24H,2H2,1H3,(H,23,25)/b21-9-/t15-/m1/s1. The summed E-state index contributed by atoms with van der Waals surface area (Å²) in [4.78, 5) is 12.3. The molecule has 8 heteroatoms. The number of hydrogen-bond donors (Lipinski definition) is 3. The van der Waals surface area contributed by atoms with E-state index in [2.05, 4.69) is 63.6 Å². The van der Waals surface area contributed by atoms with Crippen LogP contribution in [0.15, 0.2) is 54.9 Å². The van der Waals surface area contributed by atoms with Crippen molar-refractivity contribution in [2.45, 2.75) is 19.4 Å². The van der Waals surface area contributed by atoms with E-state index < -0.39 is 6.04 Å². The third-order valence-corrected chi connectivity index (χ3v) is 5.08. The molecule has 0 aliphatic carbocycles. The Balaban J connectivity index is 1.98. The van der Waals surface area contributed by atoms with Gasteiger partial charge >= 0.3 is 0 Å². The molecule has 0 aliphatic rings. The first kappa shape index (κ1) is 19.9. The van der Waals surface area contributed by atoms with Gasteiger partial charge in [-0.05, 0) is 80.2 Å². The Labute approximate surface area is 171 Å². The van der Waals surface area contributed by atoms with Gasteiger partial charge < -0.3 is 10.4 Å². The topological polar surface area (TPSA) is 73.7 Å². The molecular weight excluding hydrogens is 518 g/mol. The van der Waals surface area contributed by atoms with E-state index in [4.69, 9.17) is 0 Å². The molecule has 0 saturated carbocycles. The number of carbonyl (C=O) groups is 1. The lowest BCUT2D eigenvalue weighted by molar-refractivity contribution is -0.121. The van der Waals surface area contributed by atoms with E-state index in [1.807, 2.05) is 31.2 Å². The summed E-state index contributed by atoms with van der Waals surface area (Å²) >= 11 is 9.88. The van der Waals surface area contributed by atoms with Crippen LogP contribution >= 0.6 is 47.8 Å². The Morgan fingerprint density at radius 2 is 1.80 bits per heavy atom. The number of amides is 1. The number of phenols is 1. The molecule has 25 heavy (non-hydrogen) atoms. The Morgan fingerprint density at radius 1 is 1.20 bits per heavy atom. The summed E-state index contributed by atoms with van der Waals surface area (Å²) in [5.41, 5.74) is 4.12. The van der Waals surface area contributed by atoms with E-state index in [1.54, 1.807) is 12.1 Å². The fraction of sp³-hybridized carbons (Fsp3) is 0.176. The van der Waals surface area contributed by atoms with Crippen molar-refractivity contribution in [3.8, 4) is 5.75 Å². The normalized spacial score (nSPS) is 12.2. The van der Waals surface area contributed by atoms with Gasteiger partial charge in [-0.2, -0.15) is 5.10 Å². The predicted octanol–water partition coefficient (Wildman–Crippen LogP) is 5.02. The fourth-order valence-electron chi connectivity index (χ4n) is 2.01. The molecule has 3 N–H and O–H groups in total. The molecule has 0 aliphatic heterocycles. The highest BCUT2D eigenvalue weighted by atomic mass is 79.9. The van der Waals surface area contributed by atoms with E-state index in [-0.39, 0.29) is 11.7 Å². The van der Waals surface area contributed by atoms with Gasteiger partial charge in [0.05, 0.1) is 15.2 Å². The molecule has 5 nitrogen and oxygen atoms in total. The first-order chi connectivity index (χ1) is 11.9. The quantitative estimate of drug-likeness (QED) is 0.360. The van der Waals surface area contributed by atoms with Crippen molar-refractivity contribution in [1.29, 1.82) is 0 Å². The van der Waals surface area contributed by atoms with Crippen molar-refractivity contribution in [3.05, 3.63) is 55.4 Å². The maximum absolute atomic E-state index is 12.3. The highest BCUT2D eigenvalue weighted by Crippen LogP contribution is 2.32. The van der Waals surface area contributed by atoms with Crippen molar-refractivity contribution >= 4 is 65.6 Å². The molecule has 0 spiro atoms. The zero-order valence-electron chi connectivity index (χ0n) is 13.3. The fourth-order valence-corrected chi connectivity index (χ4v) is 3.49. The van der Waals surface area contributed by atoms with Gasteiger partial charge in [0.15, 0.2) is 0 Å². The zero-order valence-corrected chi connectivity index (χ0v) is 18.0. The summed E-state index contributed by atoms with van der Waals surface area (Å²) in [5.74, 6) is -0.107. The van der Waals surface area contributed by atoms with Crippen LogP contribution in [0.2, 0.25) is 0 Å². The zero-order chi connectivity index (χ0) is 18.4. The number of benzene rings is 2. The third kappa shape index (κ3) is 5.83. The van der Waals surface area contributed by atoms with E-state index in [0.717, 1.165) is 15.7 Å². The number of anilines is 1. The number of phenolic OH excluding ortho intramolecular Hbond substituents is 1. The molecule has 2 rings (SSSR count). The molecule has 0 unspecified atom stereocenters. The second-order valence-corrected chi connectivity index (χ2v) is 7.80. The van der Waals surface area contributed by atoms with Crippen molar-refractivity contribution in [1.82, 2.24) is 5.43 Å².